The first-order valence-corrected chi connectivity index (χ1v) is 8.32. The van der Waals surface area contributed by atoms with Crippen LogP contribution in [-0.2, 0) is 9.53 Å². The molecule has 0 aromatic heterocycles. The summed E-state index contributed by atoms with van der Waals surface area (Å²) in [5.74, 6) is -0.283. The van der Waals surface area contributed by atoms with Gasteiger partial charge in [0.1, 0.15) is 18.4 Å². The van der Waals surface area contributed by atoms with Gasteiger partial charge in [-0.05, 0) is 23.0 Å². The fraction of sp³-hybridized carbons (Fsp3) is 0.556. The van der Waals surface area contributed by atoms with Gasteiger partial charge in [-0.2, -0.15) is 0 Å². The van der Waals surface area contributed by atoms with E-state index in [9.17, 15) is 9.59 Å². The summed E-state index contributed by atoms with van der Waals surface area (Å²) in [5, 5.41) is 20.2. The number of carboxylic acid groups (broad SMARTS) is 1. The first-order valence-electron chi connectivity index (χ1n) is 8.32. The Labute approximate surface area is 147 Å². The van der Waals surface area contributed by atoms with E-state index in [1.807, 2.05) is 45.9 Å². The number of rotatable bonds is 9. The Kier molecular flexibility index (Phi) is 8.37. The number of benzene rings is 1. The highest BCUT2D eigenvalue weighted by Crippen LogP contribution is 2.34. The van der Waals surface area contributed by atoms with Crippen LogP contribution in [0.1, 0.15) is 50.7 Å². The Morgan fingerprint density at radius 2 is 1.68 bits per heavy atom. The maximum absolute atomic E-state index is 12.0. The molecular formula is C18H27NO6. The number of carbonyl (C=O) groups excluding carboxylic acids is 1. The number of aliphatic hydroxyl groups is 1. The van der Waals surface area contributed by atoms with Gasteiger partial charge in [-0.3, -0.25) is 10.1 Å². The highest BCUT2D eigenvalue weighted by Gasteiger charge is 2.19. The summed E-state index contributed by atoms with van der Waals surface area (Å²) in [7, 11) is 0. The summed E-state index contributed by atoms with van der Waals surface area (Å²) in [6.07, 6.45) is -0.840. The van der Waals surface area contributed by atoms with Crippen LogP contribution < -0.4 is 10.1 Å². The van der Waals surface area contributed by atoms with Gasteiger partial charge in [0.2, 0.25) is 0 Å². The highest BCUT2D eigenvalue weighted by atomic mass is 16.7. The van der Waals surface area contributed by atoms with E-state index in [1.54, 1.807) is 0 Å². The molecule has 0 heterocycles. The van der Waals surface area contributed by atoms with Crippen LogP contribution in [0.5, 0.6) is 5.75 Å². The summed E-state index contributed by atoms with van der Waals surface area (Å²) in [6.45, 7) is 7.55. The van der Waals surface area contributed by atoms with Crippen LogP contribution in [0, 0.1) is 0 Å². The Morgan fingerprint density at radius 3 is 2.12 bits per heavy atom. The van der Waals surface area contributed by atoms with Gasteiger partial charge in [-0.25, -0.2) is 4.79 Å². The fourth-order valence-electron chi connectivity index (χ4n) is 2.31. The standard InChI is InChI=1S/C18H27NO6/c1-11(2)13-6-5-7-14(12(3)4)16(13)25-18(23)24-9-8-19-15(10-20)17(21)22/h5-7,11-12,15,19-20H,8-10H2,1-4H3,(H,21,22)/t15-/m0/s1. The smallest absolute Gasteiger partial charge is 0.480 e. The quantitative estimate of drug-likeness (QED) is 0.356. The van der Waals surface area contributed by atoms with Crippen LogP contribution >= 0.6 is 0 Å². The number of aliphatic hydroxyl groups excluding tert-OH is 1. The molecule has 0 aliphatic carbocycles. The van der Waals surface area contributed by atoms with E-state index in [-0.39, 0.29) is 25.0 Å². The third-order valence-electron chi connectivity index (χ3n) is 3.70. The molecule has 25 heavy (non-hydrogen) atoms. The first kappa shape index (κ1) is 20.9. The van der Waals surface area contributed by atoms with E-state index < -0.39 is 24.8 Å². The van der Waals surface area contributed by atoms with E-state index >= 15 is 0 Å². The highest BCUT2D eigenvalue weighted by molar-refractivity contribution is 5.73. The van der Waals surface area contributed by atoms with Crippen LogP contribution in [0.25, 0.3) is 0 Å². The minimum absolute atomic E-state index is 0.0660. The van der Waals surface area contributed by atoms with E-state index in [2.05, 4.69) is 5.32 Å². The van der Waals surface area contributed by atoms with Crippen molar-refractivity contribution in [1.82, 2.24) is 5.32 Å². The zero-order valence-electron chi connectivity index (χ0n) is 15.1. The van der Waals surface area contributed by atoms with Crippen molar-refractivity contribution in [1.29, 1.82) is 0 Å². The Hall–Kier alpha value is -2.12. The molecule has 0 saturated carbocycles. The lowest BCUT2D eigenvalue weighted by atomic mass is 9.94. The van der Waals surface area contributed by atoms with Crippen LogP contribution in [0.4, 0.5) is 4.79 Å². The van der Waals surface area contributed by atoms with Gasteiger partial charge in [-0.1, -0.05) is 45.9 Å². The average molecular weight is 353 g/mol. The molecule has 0 radical (unpaired) electrons. The SMILES string of the molecule is CC(C)c1cccc(C(C)C)c1OC(=O)OCCN[C@@H](CO)C(=O)O. The molecule has 140 valence electrons. The molecule has 0 spiro atoms. The topological polar surface area (TPSA) is 105 Å². The Morgan fingerprint density at radius 1 is 1.12 bits per heavy atom. The molecule has 7 heteroatoms. The minimum atomic E-state index is -1.17. The monoisotopic (exact) mass is 353 g/mol. The maximum atomic E-state index is 12.0. The van der Waals surface area contributed by atoms with Crippen LogP contribution in [0.15, 0.2) is 18.2 Å². The summed E-state index contributed by atoms with van der Waals surface area (Å²) >= 11 is 0. The molecule has 0 unspecified atom stereocenters. The molecular weight excluding hydrogens is 326 g/mol. The predicted octanol–water partition coefficient (Wildman–Crippen LogP) is 2.48. The second-order valence-corrected chi connectivity index (χ2v) is 6.30. The summed E-state index contributed by atoms with van der Waals surface area (Å²) in [5.41, 5.74) is 1.85. The van der Waals surface area contributed by atoms with Crippen molar-refractivity contribution >= 4 is 12.1 Å². The number of ether oxygens (including phenoxy) is 2. The lowest BCUT2D eigenvalue weighted by Crippen LogP contribution is -2.41. The van der Waals surface area contributed by atoms with Crippen molar-refractivity contribution in [2.75, 3.05) is 19.8 Å². The molecule has 0 aliphatic rings. The number of hydrogen-bond acceptors (Lipinski definition) is 6. The van der Waals surface area contributed by atoms with Crippen LogP contribution in [0.3, 0.4) is 0 Å². The summed E-state index contributed by atoms with van der Waals surface area (Å²) < 4.78 is 10.4. The summed E-state index contributed by atoms with van der Waals surface area (Å²) in [6, 6.07) is 4.68. The molecule has 3 N–H and O–H groups in total. The van der Waals surface area contributed by atoms with Gasteiger partial charge in [0.15, 0.2) is 0 Å². The molecule has 0 bridgehead atoms. The lowest BCUT2D eigenvalue weighted by Gasteiger charge is -2.18. The van der Waals surface area contributed by atoms with Crippen molar-refractivity contribution in [2.24, 2.45) is 0 Å². The molecule has 1 rings (SSSR count). The van der Waals surface area contributed by atoms with E-state index in [0.29, 0.717) is 5.75 Å². The maximum Gasteiger partial charge on any atom is 0.513 e. The van der Waals surface area contributed by atoms with Crippen molar-refractivity contribution < 1.29 is 29.3 Å². The van der Waals surface area contributed by atoms with Crippen LogP contribution in [-0.4, -0.2) is 48.1 Å². The Balaban J connectivity index is 2.66. The number of aliphatic carboxylic acids is 1. The van der Waals surface area contributed by atoms with Gasteiger partial charge in [0.25, 0.3) is 0 Å². The molecule has 0 aliphatic heterocycles. The van der Waals surface area contributed by atoms with E-state index in [4.69, 9.17) is 19.7 Å². The Bertz CT molecular complexity index is 559. The van der Waals surface area contributed by atoms with Crippen molar-refractivity contribution in [3.05, 3.63) is 29.3 Å². The number of para-hydroxylation sites is 1. The molecule has 7 nitrogen and oxygen atoms in total. The summed E-state index contributed by atoms with van der Waals surface area (Å²) in [4.78, 5) is 22.7. The molecule has 1 aromatic carbocycles. The molecule has 1 aromatic rings. The zero-order valence-corrected chi connectivity index (χ0v) is 15.1. The number of carboxylic acids is 1. The lowest BCUT2D eigenvalue weighted by molar-refractivity contribution is -0.140. The van der Waals surface area contributed by atoms with E-state index in [1.165, 1.54) is 0 Å². The van der Waals surface area contributed by atoms with Crippen molar-refractivity contribution in [2.45, 2.75) is 45.6 Å². The second-order valence-electron chi connectivity index (χ2n) is 6.30. The largest absolute Gasteiger partial charge is 0.513 e. The van der Waals surface area contributed by atoms with Crippen molar-refractivity contribution in [3.8, 4) is 5.75 Å². The molecule has 0 saturated heterocycles. The van der Waals surface area contributed by atoms with E-state index in [0.717, 1.165) is 11.1 Å². The van der Waals surface area contributed by atoms with Gasteiger partial charge in [0, 0.05) is 6.54 Å². The molecule has 0 fully saturated rings. The normalized spacial score (nSPS) is 12.3. The van der Waals surface area contributed by atoms with Crippen LogP contribution in [0.2, 0.25) is 0 Å². The number of carbonyl (C=O) groups is 2. The average Bonchev–Trinajstić information content (AvgIpc) is 2.54. The third kappa shape index (κ3) is 6.36. The predicted molar refractivity (Wildman–Crippen MR) is 93.1 cm³/mol. The number of hydrogen-bond donors (Lipinski definition) is 3. The second kappa shape index (κ2) is 10.0. The fourth-order valence-corrected chi connectivity index (χ4v) is 2.31. The first-order chi connectivity index (χ1) is 11.8. The van der Waals surface area contributed by atoms with Gasteiger partial charge in [-0.15, -0.1) is 0 Å². The molecule has 1 atom stereocenters. The zero-order chi connectivity index (χ0) is 19.0. The van der Waals surface area contributed by atoms with Gasteiger partial charge in [0.05, 0.1) is 6.61 Å². The number of nitrogens with one attached hydrogen (secondary N) is 1. The van der Waals surface area contributed by atoms with Crippen molar-refractivity contribution in [3.63, 3.8) is 0 Å². The van der Waals surface area contributed by atoms with Gasteiger partial charge >= 0.3 is 12.1 Å². The van der Waals surface area contributed by atoms with Gasteiger partial charge < -0.3 is 19.7 Å². The minimum Gasteiger partial charge on any atom is -0.480 e. The third-order valence-corrected chi connectivity index (χ3v) is 3.70. The molecule has 0 amide bonds.